The zero-order valence-electron chi connectivity index (χ0n) is 14.4. The Kier molecular flexibility index (Phi) is 11.9. The molecular weight excluding hydrogens is 248 g/mol. The number of carbonyl (C=O) groups is 1. The standard InChI is InChI=1S/C18H36O2/c1-6-9-17(13-12-16(5)7-2)14-20-18(19)11-8-10-15(3)4/h15-17H,6-14H2,1-5H3. The van der Waals surface area contributed by atoms with Gasteiger partial charge in [0.15, 0.2) is 0 Å². The predicted molar refractivity (Wildman–Crippen MR) is 86.7 cm³/mol. The maximum atomic E-state index is 11.7. The van der Waals surface area contributed by atoms with Gasteiger partial charge < -0.3 is 4.74 Å². The Labute approximate surface area is 126 Å². The minimum absolute atomic E-state index is 0.00436. The highest BCUT2D eigenvalue weighted by atomic mass is 16.5. The van der Waals surface area contributed by atoms with E-state index < -0.39 is 0 Å². The van der Waals surface area contributed by atoms with E-state index in [-0.39, 0.29) is 5.97 Å². The summed E-state index contributed by atoms with van der Waals surface area (Å²) in [6.45, 7) is 11.8. The summed E-state index contributed by atoms with van der Waals surface area (Å²) < 4.78 is 5.47. The molecule has 0 aromatic carbocycles. The molecule has 0 aromatic heterocycles. The van der Waals surface area contributed by atoms with Gasteiger partial charge in [-0.25, -0.2) is 0 Å². The second kappa shape index (κ2) is 12.2. The van der Waals surface area contributed by atoms with Crippen molar-refractivity contribution in [1.29, 1.82) is 0 Å². The SMILES string of the molecule is CCCC(CCC(C)CC)COC(=O)CCCC(C)C. The van der Waals surface area contributed by atoms with Crippen molar-refractivity contribution in [2.24, 2.45) is 17.8 Å². The lowest BCUT2D eigenvalue weighted by molar-refractivity contribution is -0.145. The zero-order valence-corrected chi connectivity index (χ0v) is 14.4. The lowest BCUT2D eigenvalue weighted by atomic mass is 9.93. The Balaban J connectivity index is 3.85. The number of hydrogen-bond donors (Lipinski definition) is 0. The van der Waals surface area contributed by atoms with E-state index in [0.29, 0.717) is 24.9 Å². The Morgan fingerprint density at radius 2 is 1.70 bits per heavy atom. The Hall–Kier alpha value is -0.530. The van der Waals surface area contributed by atoms with Crippen LogP contribution in [0, 0.1) is 17.8 Å². The van der Waals surface area contributed by atoms with Gasteiger partial charge in [-0.3, -0.25) is 4.79 Å². The summed E-state index contributed by atoms with van der Waals surface area (Å²) in [6, 6.07) is 0. The van der Waals surface area contributed by atoms with Gasteiger partial charge in [-0.1, -0.05) is 60.3 Å². The van der Waals surface area contributed by atoms with E-state index >= 15 is 0 Å². The van der Waals surface area contributed by atoms with Crippen LogP contribution in [0.2, 0.25) is 0 Å². The molecule has 20 heavy (non-hydrogen) atoms. The summed E-state index contributed by atoms with van der Waals surface area (Å²) in [5, 5.41) is 0. The van der Waals surface area contributed by atoms with Gasteiger partial charge in [0, 0.05) is 6.42 Å². The largest absolute Gasteiger partial charge is 0.465 e. The van der Waals surface area contributed by atoms with E-state index in [4.69, 9.17) is 4.74 Å². The lowest BCUT2D eigenvalue weighted by Crippen LogP contribution is -2.15. The van der Waals surface area contributed by atoms with Crippen LogP contribution in [0.15, 0.2) is 0 Å². The van der Waals surface area contributed by atoms with Crippen LogP contribution < -0.4 is 0 Å². The molecule has 0 aliphatic carbocycles. The van der Waals surface area contributed by atoms with Gasteiger partial charge in [0.05, 0.1) is 6.61 Å². The molecule has 2 unspecified atom stereocenters. The van der Waals surface area contributed by atoms with Gasteiger partial charge in [0.1, 0.15) is 0 Å². The number of hydrogen-bond acceptors (Lipinski definition) is 2. The van der Waals surface area contributed by atoms with Crippen molar-refractivity contribution in [2.45, 2.75) is 86.0 Å². The molecule has 0 amide bonds. The molecule has 0 saturated carbocycles. The second-order valence-corrected chi connectivity index (χ2v) is 6.71. The van der Waals surface area contributed by atoms with Gasteiger partial charge in [0.25, 0.3) is 0 Å². The molecule has 2 heteroatoms. The van der Waals surface area contributed by atoms with Crippen molar-refractivity contribution in [2.75, 3.05) is 6.61 Å². The number of rotatable bonds is 12. The van der Waals surface area contributed by atoms with Crippen LogP contribution in [0.5, 0.6) is 0 Å². The maximum absolute atomic E-state index is 11.7. The zero-order chi connectivity index (χ0) is 15.4. The van der Waals surface area contributed by atoms with Crippen molar-refractivity contribution in [3.05, 3.63) is 0 Å². The van der Waals surface area contributed by atoms with E-state index in [1.807, 2.05) is 0 Å². The van der Waals surface area contributed by atoms with Crippen LogP contribution in [0.1, 0.15) is 86.0 Å². The number of ether oxygens (including phenoxy) is 1. The molecule has 0 aliphatic rings. The summed E-state index contributed by atoms with van der Waals surface area (Å²) in [5.41, 5.74) is 0. The van der Waals surface area contributed by atoms with Crippen molar-refractivity contribution in [1.82, 2.24) is 0 Å². The van der Waals surface area contributed by atoms with Gasteiger partial charge in [-0.15, -0.1) is 0 Å². The molecule has 2 atom stereocenters. The van der Waals surface area contributed by atoms with Gasteiger partial charge >= 0.3 is 5.97 Å². The first-order valence-corrected chi connectivity index (χ1v) is 8.65. The molecular formula is C18H36O2. The van der Waals surface area contributed by atoms with Crippen molar-refractivity contribution in [3.63, 3.8) is 0 Å². The summed E-state index contributed by atoms with van der Waals surface area (Å²) >= 11 is 0. The topological polar surface area (TPSA) is 26.3 Å². The third-order valence-corrected chi connectivity index (χ3v) is 4.10. The van der Waals surface area contributed by atoms with E-state index in [1.165, 1.54) is 32.1 Å². The molecule has 0 N–H and O–H groups in total. The monoisotopic (exact) mass is 284 g/mol. The highest BCUT2D eigenvalue weighted by Crippen LogP contribution is 2.19. The third kappa shape index (κ3) is 11.3. The van der Waals surface area contributed by atoms with E-state index in [2.05, 4.69) is 34.6 Å². The quantitative estimate of drug-likeness (QED) is 0.436. The average molecular weight is 284 g/mol. The Bertz CT molecular complexity index is 236. The van der Waals surface area contributed by atoms with E-state index in [9.17, 15) is 4.79 Å². The maximum Gasteiger partial charge on any atom is 0.305 e. The van der Waals surface area contributed by atoms with Crippen molar-refractivity contribution >= 4 is 5.97 Å². The first-order chi connectivity index (χ1) is 9.49. The Morgan fingerprint density at radius 3 is 2.25 bits per heavy atom. The van der Waals surface area contributed by atoms with Crippen LogP contribution in [-0.2, 0) is 9.53 Å². The number of esters is 1. The smallest absolute Gasteiger partial charge is 0.305 e. The van der Waals surface area contributed by atoms with Crippen LogP contribution in [0.25, 0.3) is 0 Å². The van der Waals surface area contributed by atoms with E-state index in [1.54, 1.807) is 0 Å². The molecule has 0 heterocycles. The fourth-order valence-electron chi connectivity index (χ4n) is 2.38. The van der Waals surface area contributed by atoms with Crippen LogP contribution in [0.3, 0.4) is 0 Å². The fraction of sp³-hybridized carbons (Fsp3) is 0.944. The van der Waals surface area contributed by atoms with Crippen LogP contribution >= 0.6 is 0 Å². The predicted octanol–water partition coefficient (Wildman–Crippen LogP) is 5.60. The molecule has 120 valence electrons. The number of carbonyl (C=O) groups excluding carboxylic acids is 1. The summed E-state index contributed by atoms with van der Waals surface area (Å²) in [6.07, 6.45) is 8.71. The minimum atomic E-state index is -0.00436. The Morgan fingerprint density at radius 1 is 1.00 bits per heavy atom. The van der Waals surface area contributed by atoms with Crippen LogP contribution in [-0.4, -0.2) is 12.6 Å². The molecule has 0 fully saturated rings. The highest BCUT2D eigenvalue weighted by molar-refractivity contribution is 5.69. The first-order valence-electron chi connectivity index (χ1n) is 8.65. The highest BCUT2D eigenvalue weighted by Gasteiger charge is 2.13. The summed E-state index contributed by atoms with van der Waals surface area (Å²) in [5.74, 6) is 2.01. The first kappa shape index (κ1) is 19.5. The normalized spacial score (nSPS) is 14.3. The third-order valence-electron chi connectivity index (χ3n) is 4.10. The molecule has 0 bridgehead atoms. The average Bonchev–Trinajstić information content (AvgIpc) is 2.41. The van der Waals surface area contributed by atoms with Gasteiger partial charge in [-0.2, -0.15) is 0 Å². The molecule has 0 aromatic rings. The van der Waals surface area contributed by atoms with Crippen molar-refractivity contribution < 1.29 is 9.53 Å². The summed E-state index contributed by atoms with van der Waals surface area (Å²) in [7, 11) is 0. The molecule has 0 saturated heterocycles. The fourth-order valence-corrected chi connectivity index (χ4v) is 2.38. The lowest BCUT2D eigenvalue weighted by Gasteiger charge is -2.18. The van der Waals surface area contributed by atoms with E-state index in [0.717, 1.165) is 18.8 Å². The van der Waals surface area contributed by atoms with Crippen LogP contribution in [0.4, 0.5) is 0 Å². The second-order valence-electron chi connectivity index (χ2n) is 6.71. The minimum Gasteiger partial charge on any atom is -0.465 e. The molecule has 0 rings (SSSR count). The summed E-state index contributed by atoms with van der Waals surface area (Å²) in [4.78, 5) is 11.7. The molecule has 0 aliphatic heterocycles. The molecule has 0 spiro atoms. The van der Waals surface area contributed by atoms with Crippen molar-refractivity contribution in [3.8, 4) is 0 Å². The van der Waals surface area contributed by atoms with Gasteiger partial charge in [0.2, 0.25) is 0 Å². The van der Waals surface area contributed by atoms with Gasteiger partial charge in [-0.05, 0) is 37.0 Å². The molecule has 0 radical (unpaired) electrons. The molecule has 2 nitrogen and oxygen atoms in total.